The number of aryl methyl sites for hydroxylation is 1. The Labute approximate surface area is 175 Å². The van der Waals surface area contributed by atoms with Gasteiger partial charge in [-0.05, 0) is 38.0 Å². The van der Waals surface area contributed by atoms with Gasteiger partial charge in [0.05, 0.1) is 24.2 Å². The highest BCUT2D eigenvalue weighted by Gasteiger charge is 2.32. The van der Waals surface area contributed by atoms with Crippen molar-refractivity contribution in [3.8, 4) is 5.75 Å². The number of aromatic nitrogens is 1. The molecular weight excluding hydrogens is 411 g/mol. The lowest BCUT2D eigenvalue weighted by Gasteiger charge is -2.17. The van der Waals surface area contributed by atoms with E-state index in [1.165, 1.54) is 28.7 Å². The van der Waals surface area contributed by atoms with Gasteiger partial charge in [0.1, 0.15) is 17.7 Å². The summed E-state index contributed by atoms with van der Waals surface area (Å²) in [6, 6.07) is 6.80. The van der Waals surface area contributed by atoms with Crippen LogP contribution in [-0.2, 0) is 10.0 Å². The van der Waals surface area contributed by atoms with E-state index in [4.69, 9.17) is 4.74 Å². The second-order valence-corrected chi connectivity index (χ2v) is 9.23. The molecule has 0 aliphatic carbocycles. The van der Waals surface area contributed by atoms with E-state index in [0.717, 1.165) is 5.69 Å². The van der Waals surface area contributed by atoms with Crippen LogP contribution in [0.25, 0.3) is 0 Å². The van der Waals surface area contributed by atoms with E-state index >= 15 is 0 Å². The molecule has 1 saturated heterocycles. The number of carbonyl (C=O) groups is 1. The smallest absolute Gasteiger partial charge is 0.323 e. The maximum absolute atomic E-state index is 14.0. The van der Waals surface area contributed by atoms with Crippen molar-refractivity contribution in [1.29, 1.82) is 0 Å². The maximum Gasteiger partial charge on any atom is 0.323 e. The number of amides is 2. The molecule has 162 valence electrons. The minimum atomic E-state index is -3.29. The zero-order valence-corrected chi connectivity index (χ0v) is 17.7. The summed E-state index contributed by atoms with van der Waals surface area (Å²) in [5, 5.41) is 5.17. The van der Waals surface area contributed by atoms with Crippen LogP contribution in [0.5, 0.6) is 5.75 Å². The van der Waals surface area contributed by atoms with Crippen LogP contribution in [0.1, 0.15) is 25.5 Å². The lowest BCUT2D eigenvalue weighted by atomic mass is 10.2. The lowest BCUT2D eigenvalue weighted by molar-refractivity contribution is 0.215. The van der Waals surface area contributed by atoms with E-state index in [-0.39, 0.29) is 29.8 Å². The maximum atomic E-state index is 14.0. The van der Waals surface area contributed by atoms with Crippen molar-refractivity contribution in [3.63, 3.8) is 0 Å². The van der Waals surface area contributed by atoms with Crippen LogP contribution in [0, 0.1) is 12.7 Å². The summed E-state index contributed by atoms with van der Waals surface area (Å²) >= 11 is 0. The zero-order valence-electron chi connectivity index (χ0n) is 16.9. The van der Waals surface area contributed by atoms with E-state index in [1.807, 2.05) is 13.8 Å². The molecule has 10 heteroatoms. The van der Waals surface area contributed by atoms with Gasteiger partial charge in [-0.1, -0.05) is 6.92 Å². The molecule has 0 saturated carbocycles. The molecule has 1 aromatic heterocycles. The van der Waals surface area contributed by atoms with Gasteiger partial charge in [0.2, 0.25) is 10.0 Å². The molecule has 1 fully saturated rings. The third-order valence-corrected chi connectivity index (χ3v) is 6.61. The Morgan fingerprint density at radius 2 is 2.03 bits per heavy atom. The number of anilines is 2. The summed E-state index contributed by atoms with van der Waals surface area (Å²) in [5.74, 6) is -0.255. The Bertz CT molecular complexity index is 998. The summed E-state index contributed by atoms with van der Waals surface area (Å²) in [4.78, 5) is 16.3. The molecule has 2 heterocycles. The predicted octanol–water partition coefficient (Wildman–Crippen LogP) is 3.37. The first-order valence-electron chi connectivity index (χ1n) is 9.71. The monoisotopic (exact) mass is 436 g/mol. The number of urea groups is 1. The minimum absolute atomic E-state index is 0.0966. The Morgan fingerprint density at radius 3 is 2.73 bits per heavy atom. The number of hydrogen-bond acceptors (Lipinski definition) is 5. The average molecular weight is 437 g/mol. The van der Waals surface area contributed by atoms with E-state index in [2.05, 4.69) is 15.6 Å². The van der Waals surface area contributed by atoms with Crippen LogP contribution in [0.4, 0.5) is 20.6 Å². The lowest BCUT2D eigenvalue weighted by Crippen LogP contribution is -2.32. The number of ether oxygens (including phenoxy) is 1. The fourth-order valence-corrected chi connectivity index (χ4v) is 4.72. The van der Waals surface area contributed by atoms with Crippen LogP contribution in [-0.4, -0.2) is 48.7 Å². The van der Waals surface area contributed by atoms with Crippen molar-refractivity contribution >= 4 is 27.4 Å². The van der Waals surface area contributed by atoms with Crippen molar-refractivity contribution in [2.75, 3.05) is 29.5 Å². The molecule has 0 radical (unpaired) electrons. The van der Waals surface area contributed by atoms with Gasteiger partial charge in [-0.15, -0.1) is 0 Å². The molecule has 2 N–H and O–H groups in total. The number of pyridine rings is 1. The molecule has 0 spiro atoms. The number of halogens is 1. The van der Waals surface area contributed by atoms with E-state index < -0.39 is 21.9 Å². The number of rotatable bonds is 7. The Morgan fingerprint density at radius 1 is 1.27 bits per heavy atom. The van der Waals surface area contributed by atoms with Crippen molar-refractivity contribution < 1.29 is 22.3 Å². The summed E-state index contributed by atoms with van der Waals surface area (Å²) in [6.45, 7) is 4.25. The van der Waals surface area contributed by atoms with Crippen LogP contribution >= 0.6 is 0 Å². The number of nitrogens with zero attached hydrogens (tertiary/aromatic N) is 2. The fourth-order valence-electron chi connectivity index (χ4n) is 3.16. The van der Waals surface area contributed by atoms with E-state index in [0.29, 0.717) is 25.1 Å². The molecule has 1 aliphatic rings. The highest BCUT2D eigenvalue weighted by atomic mass is 32.2. The highest BCUT2D eigenvalue weighted by molar-refractivity contribution is 7.89. The zero-order chi connectivity index (χ0) is 21.7. The molecule has 2 amide bonds. The van der Waals surface area contributed by atoms with Gasteiger partial charge in [0.15, 0.2) is 0 Å². The highest BCUT2D eigenvalue weighted by Crippen LogP contribution is 2.25. The number of hydrogen-bond donors (Lipinski definition) is 2. The summed E-state index contributed by atoms with van der Waals surface area (Å²) in [5.41, 5.74) is 1.54. The third-order valence-electron chi connectivity index (χ3n) is 4.56. The minimum Gasteiger partial charge on any atom is -0.489 e. The van der Waals surface area contributed by atoms with Gasteiger partial charge in [0, 0.05) is 30.1 Å². The van der Waals surface area contributed by atoms with Crippen LogP contribution < -0.4 is 15.4 Å². The van der Waals surface area contributed by atoms with Crippen LogP contribution in [0.2, 0.25) is 0 Å². The Hall–Kier alpha value is -2.72. The number of nitrogens with one attached hydrogen (secondary N) is 2. The van der Waals surface area contributed by atoms with Crippen LogP contribution in [0.15, 0.2) is 36.5 Å². The van der Waals surface area contributed by atoms with Crippen molar-refractivity contribution in [2.45, 2.75) is 32.8 Å². The topological polar surface area (TPSA) is 101 Å². The normalized spacial score (nSPS) is 17.0. The second-order valence-electron chi connectivity index (χ2n) is 7.15. The SMILES string of the molecule is CCCS(=O)(=O)N1CCC(Oc2cc(F)cc(NC(=O)Nc3ccc(C)nc3)c2)C1. The standard InChI is InChI=1S/C20H25FN4O4S/c1-3-8-30(27,28)25-7-6-18(13-25)29-19-10-15(21)9-17(11-19)24-20(26)23-16-5-4-14(2)22-12-16/h4-5,9-12,18H,3,6-8,13H2,1-2H3,(H2,23,24,26). The molecule has 30 heavy (non-hydrogen) atoms. The fraction of sp³-hybridized carbons (Fsp3) is 0.400. The van der Waals surface area contributed by atoms with Crippen LogP contribution in [0.3, 0.4) is 0 Å². The van der Waals surface area contributed by atoms with E-state index in [9.17, 15) is 17.6 Å². The van der Waals surface area contributed by atoms with Gasteiger partial charge < -0.3 is 15.4 Å². The Balaban J connectivity index is 1.61. The number of benzene rings is 1. The average Bonchev–Trinajstić information content (AvgIpc) is 3.12. The molecule has 1 atom stereocenters. The molecule has 0 bridgehead atoms. The van der Waals surface area contributed by atoms with Gasteiger partial charge in [-0.2, -0.15) is 4.31 Å². The van der Waals surface area contributed by atoms with Gasteiger partial charge in [0.25, 0.3) is 0 Å². The van der Waals surface area contributed by atoms with Crippen molar-refractivity contribution in [3.05, 3.63) is 48.0 Å². The van der Waals surface area contributed by atoms with Gasteiger partial charge in [-0.3, -0.25) is 4.98 Å². The predicted molar refractivity (Wildman–Crippen MR) is 113 cm³/mol. The molecule has 1 aromatic carbocycles. The first kappa shape index (κ1) is 22.0. The molecule has 8 nitrogen and oxygen atoms in total. The molecule has 2 aromatic rings. The largest absolute Gasteiger partial charge is 0.489 e. The van der Waals surface area contributed by atoms with Gasteiger partial charge in [-0.25, -0.2) is 17.6 Å². The van der Waals surface area contributed by atoms with Crippen molar-refractivity contribution in [1.82, 2.24) is 9.29 Å². The first-order valence-corrected chi connectivity index (χ1v) is 11.3. The second kappa shape index (κ2) is 9.40. The number of carbonyl (C=O) groups excluding carboxylic acids is 1. The molecular formula is C20H25FN4O4S. The first-order chi connectivity index (χ1) is 14.2. The summed E-state index contributed by atoms with van der Waals surface area (Å²) in [6.07, 6.45) is 2.21. The molecule has 3 rings (SSSR count). The third kappa shape index (κ3) is 5.90. The van der Waals surface area contributed by atoms with Crippen molar-refractivity contribution in [2.24, 2.45) is 0 Å². The summed E-state index contributed by atoms with van der Waals surface area (Å²) < 4.78 is 45.6. The Kier molecular flexibility index (Phi) is 6.88. The quantitative estimate of drug-likeness (QED) is 0.693. The molecule has 1 unspecified atom stereocenters. The summed E-state index contributed by atoms with van der Waals surface area (Å²) in [7, 11) is -3.29. The van der Waals surface area contributed by atoms with E-state index in [1.54, 1.807) is 12.1 Å². The van der Waals surface area contributed by atoms with Gasteiger partial charge >= 0.3 is 6.03 Å². The molecule has 1 aliphatic heterocycles. The number of sulfonamides is 1.